The molecule has 3 nitrogen and oxygen atoms in total. The Labute approximate surface area is 97.8 Å². The van der Waals surface area contributed by atoms with Crippen LogP contribution in [0.1, 0.15) is 39.5 Å². The number of carbonyl (C=O) groups excluding carboxylic acids is 1. The summed E-state index contributed by atoms with van der Waals surface area (Å²) < 4.78 is 10.7. The number of esters is 1. The molecule has 0 aromatic rings. The number of carbonyl (C=O) groups is 1. The molecule has 92 valence electrons. The molecular formula is C13H22O3. The summed E-state index contributed by atoms with van der Waals surface area (Å²) in [5.74, 6) is 0.229. The minimum absolute atomic E-state index is 0.271. The fraction of sp³-hybridized carbons (Fsp3) is 0.769. The summed E-state index contributed by atoms with van der Waals surface area (Å²) in [5, 5.41) is 0. The Morgan fingerprint density at radius 1 is 1.31 bits per heavy atom. The second-order valence-electron chi connectivity index (χ2n) is 4.48. The van der Waals surface area contributed by atoms with Crippen molar-refractivity contribution in [2.75, 3.05) is 13.2 Å². The maximum atomic E-state index is 11.2. The third kappa shape index (κ3) is 4.35. The van der Waals surface area contributed by atoms with Crippen LogP contribution in [0.15, 0.2) is 12.2 Å². The molecule has 1 aliphatic rings. The number of ether oxygens (including phenoxy) is 2. The third-order valence-electron chi connectivity index (χ3n) is 2.99. The van der Waals surface area contributed by atoms with Crippen LogP contribution in [0.5, 0.6) is 0 Å². The van der Waals surface area contributed by atoms with Gasteiger partial charge < -0.3 is 9.47 Å². The van der Waals surface area contributed by atoms with E-state index in [0.717, 1.165) is 32.3 Å². The van der Waals surface area contributed by atoms with Gasteiger partial charge in [0.1, 0.15) is 0 Å². The molecule has 0 amide bonds. The summed E-state index contributed by atoms with van der Waals surface area (Å²) in [7, 11) is 0. The van der Waals surface area contributed by atoms with Gasteiger partial charge in [0.25, 0.3) is 0 Å². The molecule has 0 atom stereocenters. The van der Waals surface area contributed by atoms with Crippen molar-refractivity contribution in [2.45, 2.75) is 45.6 Å². The van der Waals surface area contributed by atoms with Gasteiger partial charge in [-0.3, -0.25) is 0 Å². The average molecular weight is 226 g/mol. The van der Waals surface area contributed by atoms with E-state index in [2.05, 4.69) is 6.58 Å². The van der Waals surface area contributed by atoms with Gasteiger partial charge in [0.15, 0.2) is 0 Å². The van der Waals surface area contributed by atoms with Crippen molar-refractivity contribution in [2.24, 2.45) is 5.92 Å². The van der Waals surface area contributed by atoms with Gasteiger partial charge in [0, 0.05) is 12.2 Å². The molecule has 0 N–H and O–H groups in total. The highest BCUT2D eigenvalue weighted by molar-refractivity contribution is 5.86. The topological polar surface area (TPSA) is 35.5 Å². The minimum Gasteiger partial charge on any atom is -0.462 e. The fourth-order valence-electron chi connectivity index (χ4n) is 2.02. The first-order chi connectivity index (χ1) is 7.63. The van der Waals surface area contributed by atoms with Gasteiger partial charge in [-0.05, 0) is 45.4 Å². The molecule has 0 radical (unpaired) electrons. The van der Waals surface area contributed by atoms with Gasteiger partial charge in [-0.2, -0.15) is 0 Å². The van der Waals surface area contributed by atoms with Gasteiger partial charge in [0.05, 0.1) is 12.7 Å². The van der Waals surface area contributed by atoms with E-state index in [-0.39, 0.29) is 5.97 Å². The highest BCUT2D eigenvalue weighted by Gasteiger charge is 2.22. The molecule has 0 saturated heterocycles. The SMILES string of the molecule is C=C(C)C(=O)OCC1CCC(OCC)CC1. The summed E-state index contributed by atoms with van der Waals surface area (Å²) in [6, 6.07) is 0. The van der Waals surface area contributed by atoms with Gasteiger partial charge in [-0.15, -0.1) is 0 Å². The van der Waals surface area contributed by atoms with Gasteiger partial charge >= 0.3 is 5.97 Å². The first-order valence-electron chi connectivity index (χ1n) is 6.07. The quantitative estimate of drug-likeness (QED) is 0.534. The number of hydrogen-bond acceptors (Lipinski definition) is 3. The molecule has 1 fully saturated rings. The van der Waals surface area contributed by atoms with E-state index in [1.54, 1.807) is 6.92 Å². The van der Waals surface area contributed by atoms with Crippen LogP contribution in [-0.4, -0.2) is 25.3 Å². The molecule has 0 heterocycles. The van der Waals surface area contributed by atoms with E-state index < -0.39 is 0 Å². The summed E-state index contributed by atoms with van der Waals surface area (Å²) in [4.78, 5) is 11.2. The van der Waals surface area contributed by atoms with Gasteiger partial charge in [-0.1, -0.05) is 6.58 Å². The Morgan fingerprint density at radius 3 is 2.44 bits per heavy atom. The maximum Gasteiger partial charge on any atom is 0.333 e. The van der Waals surface area contributed by atoms with Crippen molar-refractivity contribution < 1.29 is 14.3 Å². The second-order valence-corrected chi connectivity index (χ2v) is 4.48. The number of rotatable bonds is 5. The van der Waals surface area contributed by atoms with Crippen molar-refractivity contribution in [3.05, 3.63) is 12.2 Å². The van der Waals surface area contributed by atoms with Gasteiger partial charge in [0.2, 0.25) is 0 Å². The lowest BCUT2D eigenvalue weighted by atomic mass is 9.88. The van der Waals surface area contributed by atoms with Crippen LogP contribution < -0.4 is 0 Å². The highest BCUT2D eigenvalue weighted by atomic mass is 16.5. The molecule has 0 aromatic carbocycles. The summed E-state index contributed by atoms with van der Waals surface area (Å²) in [5.41, 5.74) is 0.475. The van der Waals surface area contributed by atoms with Crippen molar-refractivity contribution >= 4 is 5.97 Å². The standard InChI is InChI=1S/C13H22O3/c1-4-15-12-7-5-11(6-8-12)9-16-13(14)10(2)3/h11-12H,2,4-9H2,1,3H3. The predicted octanol–water partition coefficient (Wildman–Crippen LogP) is 2.70. The molecule has 1 aliphatic carbocycles. The van der Waals surface area contributed by atoms with Crippen molar-refractivity contribution in [1.82, 2.24) is 0 Å². The Kier molecular flexibility index (Phi) is 5.53. The lowest BCUT2D eigenvalue weighted by Crippen LogP contribution is -2.25. The fourth-order valence-corrected chi connectivity index (χ4v) is 2.02. The van der Waals surface area contributed by atoms with Crippen molar-refractivity contribution in [3.63, 3.8) is 0 Å². The van der Waals surface area contributed by atoms with Crippen LogP contribution >= 0.6 is 0 Å². The highest BCUT2D eigenvalue weighted by Crippen LogP contribution is 2.26. The van der Waals surface area contributed by atoms with Gasteiger partial charge in [-0.25, -0.2) is 4.79 Å². The van der Waals surface area contributed by atoms with Crippen LogP contribution in [-0.2, 0) is 14.3 Å². The molecule has 1 rings (SSSR count). The van der Waals surface area contributed by atoms with Crippen LogP contribution in [0.3, 0.4) is 0 Å². The van der Waals surface area contributed by atoms with E-state index in [4.69, 9.17) is 9.47 Å². The molecule has 1 saturated carbocycles. The molecule has 0 bridgehead atoms. The van der Waals surface area contributed by atoms with E-state index in [1.807, 2.05) is 6.92 Å². The largest absolute Gasteiger partial charge is 0.462 e. The molecule has 16 heavy (non-hydrogen) atoms. The second kappa shape index (κ2) is 6.69. The molecule has 0 unspecified atom stereocenters. The minimum atomic E-state index is -0.271. The van der Waals surface area contributed by atoms with Crippen LogP contribution in [0.25, 0.3) is 0 Å². The zero-order chi connectivity index (χ0) is 12.0. The lowest BCUT2D eigenvalue weighted by Gasteiger charge is -2.27. The monoisotopic (exact) mass is 226 g/mol. The first-order valence-corrected chi connectivity index (χ1v) is 6.07. The van der Waals surface area contributed by atoms with Crippen LogP contribution in [0, 0.1) is 5.92 Å². The number of hydrogen-bond donors (Lipinski definition) is 0. The normalized spacial score (nSPS) is 25.1. The lowest BCUT2D eigenvalue weighted by molar-refractivity contribution is -0.140. The predicted molar refractivity (Wildman–Crippen MR) is 63.1 cm³/mol. The Balaban J connectivity index is 2.17. The zero-order valence-electron chi connectivity index (χ0n) is 10.3. The Hall–Kier alpha value is -0.830. The van der Waals surface area contributed by atoms with Crippen LogP contribution in [0.2, 0.25) is 0 Å². The third-order valence-corrected chi connectivity index (χ3v) is 2.99. The molecule has 3 heteroatoms. The zero-order valence-corrected chi connectivity index (χ0v) is 10.3. The summed E-state index contributed by atoms with van der Waals surface area (Å²) >= 11 is 0. The summed E-state index contributed by atoms with van der Waals surface area (Å²) in [6.45, 7) is 8.59. The van der Waals surface area contributed by atoms with E-state index in [0.29, 0.717) is 24.2 Å². The molecule has 0 spiro atoms. The smallest absolute Gasteiger partial charge is 0.333 e. The average Bonchev–Trinajstić information content (AvgIpc) is 2.28. The van der Waals surface area contributed by atoms with E-state index in [9.17, 15) is 4.79 Å². The maximum absolute atomic E-state index is 11.2. The van der Waals surface area contributed by atoms with E-state index >= 15 is 0 Å². The van der Waals surface area contributed by atoms with Crippen molar-refractivity contribution in [3.8, 4) is 0 Å². The summed E-state index contributed by atoms with van der Waals surface area (Å²) in [6.07, 6.45) is 4.77. The Bertz CT molecular complexity index is 240. The molecular weight excluding hydrogens is 204 g/mol. The van der Waals surface area contributed by atoms with Crippen LogP contribution in [0.4, 0.5) is 0 Å². The first kappa shape index (κ1) is 13.2. The van der Waals surface area contributed by atoms with E-state index in [1.165, 1.54) is 0 Å². The molecule has 0 aromatic heterocycles. The molecule has 0 aliphatic heterocycles. The van der Waals surface area contributed by atoms with Crippen molar-refractivity contribution in [1.29, 1.82) is 0 Å². The Morgan fingerprint density at radius 2 is 1.94 bits per heavy atom.